The summed E-state index contributed by atoms with van der Waals surface area (Å²) in [7, 11) is 0. The highest BCUT2D eigenvalue weighted by Gasteiger charge is 2.35. The van der Waals surface area contributed by atoms with Crippen molar-refractivity contribution in [1.82, 2.24) is 4.90 Å². The Bertz CT molecular complexity index is 1070. The molecule has 2 aromatic rings. The van der Waals surface area contributed by atoms with Gasteiger partial charge >= 0.3 is 5.97 Å². The molecule has 0 saturated heterocycles. The van der Waals surface area contributed by atoms with Crippen LogP contribution in [0.5, 0.6) is 0 Å². The van der Waals surface area contributed by atoms with Gasteiger partial charge in [0.15, 0.2) is 6.10 Å². The highest BCUT2D eigenvalue weighted by atomic mass is 35.5. The van der Waals surface area contributed by atoms with E-state index in [1.165, 1.54) is 30.0 Å². The molecule has 0 saturated carbocycles. The molecule has 0 aromatic heterocycles. The first-order valence-electron chi connectivity index (χ1n) is 10.0. The third-order valence-electron chi connectivity index (χ3n) is 5.05. The SMILES string of the molecule is CCCCN1C(=O)c2ccc(C(=O)OC(C)C(=O)Nc3cc(Cl)ccc3C)cc2C1=O. The number of unbranched alkanes of at least 4 members (excludes halogenated alkanes) is 1. The van der Waals surface area contributed by atoms with E-state index < -0.39 is 23.9 Å². The number of halogens is 1. The van der Waals surface area contributed by atoms with Gasteiger partial charge in [0, 0.05) is 17.3 Å². The van der Waals surface area contributed by atoms with Gasteiger partial charge in [0.2, 0.25) is 0 Å². The van der Waals surface area contributed by atoms with Gasteiger partial charge in [-0.3, -0.25) is 19.3 Å². The Morgan fingerprint density at radius 2 is 1.81 bits per heavy atom. The lowest BCUT2D eigenvalue weighted by Crippen LogP contribution is -2.30. The molecule has 1 aliphatic heterocycles. The Balaban J connectivity index is 1.69. The predicted octanol–water partition coefficient (Wildman–Crippen LogP) is 4.23. The molecule has 8 heteroatoms. The summed E-state index contributed by atoms with van der Waals surface area (Å²) in [5.74, 6) is -2.07. The smallest absolute Gasteiger partial charge is 0.338 e. The minimum atomic E-state index is -1.09. The average molecular weight is 443 g/mol. The Labute approximate surface area is 185 Å². The first-order valence-corrected chi connectivity index (χ1v) is 10.4. The first kappa shape index (κ1) is 22.5. The molecule has 7 nitrogen and oxygen atoms in total. The number of aryl methyl sites for hydroxylation is 1. The quantitative estimate of drug-likeness (QED) is 0.511. The molecule has 1 N–H and O–H groups in total. The number of imide groups is 1. The van der Waals surface area contributed by atoms with Gasteiger partial charge < -0.3 is 10.1 Å². The fourth-order valence-corrected chi connectivity index (χ4v) is 3.35. The summed E-state index contributed by atoms with van der Waals surface area (Å²) in [5.41, 5.74) is 1.86. The van der Waals surface area contributed by atoms with Crippen molar-refractivity contribution in [2.45, 2.75) is 39.7 Å². The molecule has 0 aliphatic carbocycles. The van der Waals surface area contributed by atoms with Crippen LogP contribution in [0.2, 0.25) is 5.02 Å². The van der Waals surface area contributed by atoms with Gasteiger partial charge in [-0.25, -0.2) is 4.79 Å². The lowest BCUT2D eigenvalue weighted by atomic mass is 10.1. The third kappa shape index (κ3) is 4.77. The molecule has 162 valence electrons. The van der Waals surface area contributed by atoms with E-state index in [2.05, 4.69) is 5.32 Å². The Kier molecular flexibility index (Phi) is 6.75. The monoisotopic (exact) mass is 442 g/mol. The number of hydrogen-bond acceptors (Lipinski definition) is 5. The molecule has 0 fully saturated rings. The highest BCUT2D eigenvalue weighted by molar-refractivity contribution is 6.31. The Morgan fingerprint density at radius 1 is 1.10 bits per heavy atom. The molecule has 31 heavy (non-hydrogen) atoms. The van der Waals surface area contributed by atoms with Crippen LogP contribution in [0.15, 0.2) is 36.4 Å². The number of carbonyl (C=O) groups excluding carboxylic acids is 4. The van der Waals surface area contributed by atoms with Crippen LogP contribution in [0.25, 0.3) is 0 Å². The van der Waals surface area contributed by atoms with Crippen LogP contribution in [-0.4, -0.2) is 41.2 Å². The van der Waals surface area contributed by atoms with Crippen molar-refractivity contribution < 1.29 is 23.9 Å². The fourth-order valence-electron chi connectivity index (χ4n) is 3.18. The summed E-state index contributed by atoms with van der Waals surface area (Å²) in [6, 6.07) is 9.28. The fraction of sp³-hybridized carbons (Fsp3) is 0.304. The van der Waals surface area contributed by atoms with Crippen LogP contribution in [0.3, 0.4) is 0 Å². The Morgan fingerprint density at radius 3 is 2.52 bits per heavy atom. The minimum absolute atomic E-state index is 0.0934. The van der Waals surface area contributed by atoms with E-state index in [-0.39, 0.29) is 22.6 Å². The van der Waals surface area contributed by atoms with Crippen molar-refractivity contribution in [3.05, 3.63) is 63.7 Å². The summed E-state index contributed by atoms with van der Waals surface area (Å²) < 4.78 is 5.26. The van der Waals surface area contributed by atoms with Crippen LogP contribution >= 0.6 is 11.6 Å². The molecule has 1 unspecified atom stereocenters. The molecule has 0 radical (unpaired) electrons. The van der Waals surface area contributed by atoms with Crippen molar-refractivity contribution in [3.8, 4) is 0 Å². The maximum atomic E-state index is 12.6. The third-order valence-corrected chi connectivity index (χ3v) is 5.29. The molecule has 2 aromatic carbocycles. The van der Waals surface area contributed by atoms with Gasteiger partial charge in [0.1, 0.15) is 0 Å². The number of nitrogens with one attached hydrogen (secondary N) is 1. The maximum Gasteiger partial charge on any atom is 0.338 e. The van der Waals surface area contributed by atoms with Gasteiger partial charge in [-0.2, -0.15) is 0 Å². The molecule has 1 atom stereocenters. The summed E-state index contributed by atoms with van der Waals surface area (Å²) in [4.78, 5) is 51.1. The van der Waals surface area contributed by atoms with Crippen molar-refractivity contribution >= 4 is 41.0 Å². The van der Waals surface area contributed by atoms with E-state index in [9.17, 15) is 19.2 Å². The number of amides is 3. The lowest BCUT2D eigenvalue weighted by Gasteiger charge is -2.15. The molecule has 3 amide bonds. The number of ether oxygens (including phenoxy) is 1. The van der Waals surface area contributed by atoms with Crippen LogP contribution in [-0.2, 0) is 9.53 Å². The maximum absolute atomic E-state index is 12.6. The second-order valence-corrected chi connectivity index (χ2v) is 7.81. The standard InChI is InChI=1S/C23H23ClN2O5/c1-4-5-10-26-21(28)17-9-7-15(11-18(17)22(26)29)23(30)31-14(3)20(27)25-19-12-16(24)8-6-13(19)2/h6-9,11-12,14H,4-5,10H2,1-3H3,(H,25,27). The predicted molar refractivity (Wildman–Crippen MR) is 116 cm³/mol. The summed E-state index contributed by atoms with van der Waals surface area (Å²) in [5, 5.41) is 3.15. The molecule has 0 bridgehead atoms. The van der Waals surface area contributed by atoms with Crippen LogP contribution < -0.4 is 5.32 Å². The van der Waals surface area contributed by atoms with Gasteiger partial charge in [0.25, 0.3) is 17.7 Å². The minimum Gasteiger partial charge on any atom is -0.449 e. The van der Waals surface area contributed by atoms with Gasteiger partial charge in [-0.15, -0.1) is 0 Å². The first-order chi connectivity index (χ1) is 14.7. The molecule has 3 rings (SSSR count). The number of esters is 1. The van der Waals surface area contributed by atoms with E-state index in [0.29, 0.717) is 23.7 Å². The van der Waals surface area contributed by atoms with Gasteiger partial charge in [0.05, 0.1) is 16.7 Å². The topological polar surface area (TPSA) is 92.8 Å². The molecular weight excluding hydrogens is 420 g/mol. The zero-order valence-electron chi connectivity index (χ0n) is 17.5. The number of fused-ring (bicyclic) bond motifs is 1. The number of anilines is 1. The second-order valence-electron chi connectivity index (χ2n) is 7.37. The Hall–Kier alpha value is -3.19. The molecular formula is C23H23ClN2O5. The number of rotatable bonds is 7. The summed E-state index contributed by atoms with van der Waals surface area (Å²) in [6.07, 6.45) is 0.469. The van der Waals surface area contributed by atoms with Gasteiger partial charge in [-0.1, -0.05) is 31.0 Å². The van der Waals surface area contributed by atoms with Crippen LogP contribution in [0.1, 0.15) is 63.3 Å². The van der Waals surface area contributed by atoms with Crippen molar-refractivity contribution in [2.24, 2.45) is 0 Å². The zero-order chi connectivity index (χ0) is 22.7. The van der Waals surface area contributed by atoms with E-state index in [1.54, 1.807) is 18.2 Å². The number of hydrogen-bond donors (Lipinski definition) is 1. The summed E-state index contributed by atoms with van der Waals surface area (Å²) >= 11 is 5.96. The normalized spacial score (nSPS) is 13.7. The zero-order valence-corrected chi connectivity index (χ0v) is 18.3. The molecule has 0 spiro atoms. The van der Waals surface area contributed by atoms with E-state index in [1.807, 2.05) is 13.8 Å². The average Bonchev–Trinajstić information content (AvgIpc) is 2.98. The molecule has 1 heterocycles. The highest BCUT2D eigenvalue weighted by Crippen LogP contribution is 2.25. The van der Waals surface area contributed by atoms with Crippen LogP contribution in [0.4, 0.5) is 5.69 Å². The lowest BCUT2D eigenvalue weighted by molar-refractivity contribution is -0.123. The van der Waals surface area contributed by atoms with Crippen molar-refractivity contribution in [2.75, 3.05) is 11.9 Å². The van der Waals surface area contributed by atoms with E-state index in [0.717, 1.165) is 12.0 Å². The van der Waals surface area contributed by atoms with E-state index in [4.69, 9.17) is 16.3 Å². The van der Waals surface area contributed by atoms with E-state index >= 15 is 0 Å². The van der Waals surface area contributed by atoms with Crippen LogP contribution in [0, 0.1) is 6.92 Å². The number of nitrogens with zero attached hydrogens (tertiary/aromatic N) is 1. The number of benzene rings is 2. The number of carbonyl (C=O) groups is 4. The van der Waals surface area contributed by atoms with Gasteiger partial charge in [-0.05, 0) is 56.2 Å². The van der Waals surface area contributed by atoms with Crippen molar-refractivity contribution in [3.63, 3.8) is 0 Å². The molecule has 1 aliphatic rings. The largest absolute Gasteiger partial charge is 0.449 e. The van der Waals surface area contributed by atoms with Crippen molar-refractivity contribution in [1.29, 1.82) is 0 Å². The second kappa shape index (κ2) is 9.31. The summed E-state index contributed by atoms with van der Waals surface area (Å²) in [6.45, 7) is 5.57.